The number of carbonyl (C=O) groups is 1. The van der Waals surface area contributed by atoms with Gasteiger partial charge in [-0.1, -0.05) is 0 Å². The number of amides is 1. The highest BCUT2D eigenvalue weighted by atomic mass is 79.9. The molecule has 0 radical (unpaired) electrons. The molecule has 21 heavy (non-hydrogen) atoms. The maximum Gasteiger partial charge on any atom is 0.273 e. The summed E-state index contributed by atoms with van der Waals surface area (Å²) in [5.74, 6) is -0.770. The van der Waals surface area contributed by atoms with Crippen molar-refractivity contribution in [3.63, 3.8) is 0 Å². The summed E-state index contributed by atoms with van der Waals surface area (Å²) in [6.07, 6.45) is 1.58. The minimum Gasteiger partial charge on any atom is -0.506 e. The fraction of sp³-hybridized carbons (Fsp3) is 0.167. The second kappa shape index (κ2) is 5.92. The number of aromatic hydroxyl groups is 1. The first-order valence-electron chi connectivity index (χ1n) is 5.83. The van der Waals surface area contributed by atoms with Gasteiger partial charge >= 0.3 is 0 Å². The van der Waals surface area contributed by atoms with E-state index in [1.807, 2.05) is 0 Å². The molecule has 0 aliphatic rings. The van der Waals surface area contributed by atoms with Crippen LogP contribution in [0.15, 0.2) is 28.9 Å². The summed E-state index contributed by atoms with van der Waals surface area (Å²) in [4.78, 5) is 21.8. The molecule has 1 heterocycles. The standard InChI is InChI=1S/C12H11BrN4O4/c1-7-9(13)5-14-16(7)6-12(19)15-10-3-2-8(17(20)21)4-11(10)18/h2-5,18H,6H2,1H3,(H,15,19). The Morgan fingerprint density at radius 3 is 2.81 bits per heavy atom. The Morgan fingerprint density at radius 1 is 1.57 bits per heavy atom. The SMILES string of the molecule is Cc1c(Br)cnn1CC(=O)Nc1ccc([N+](=O)[O-])cc1O. The van der Waals surface area contributed by atoms with Crippen LogP contribution in [0.5, 0.6) is 5.75 Å². The lowest BCUT2D eigenvalue weighted by Crippen LogP contribution is -2.20. The topological polar surface area (TPSA) is 110 Å². The van der Waals surface area contributed by atoms with Crippen LogP contribution in [0.1, 0.15) is 5.69 Å². The van der Waals surface area contributed by atoms with Gasteiger partial charge in [0.25, 0.3) is 5.69 Å². The third kappa shape index (κ3) is 3.37. The number of hydrogen-bond donors (Lipinski definition) is 2. The van der Waals surface area contributed by atoms with E-state index >= 15 is 0 Å². The normalized spacial score (nSPS) is 10.4. The molecule has 0 aliphatic heterocycles. The van der Waals surface area contributed by atoms with E-state index in [0.29, 0.717) is 0 Å². The molecule has 110 valence electrons. The van der Waals surface area contributed by atoms with Gasteiger partial charge in [0.15, 0.2) is 0 Å². The number of halogens is 1. The molecule has 0 atom stereocenters. The van der Waals surface area contributed by atoms with E-state index in [2.05, 4.69) is 26.3 Å². The maximum atomic E-state index is 11.9. The summed E-state index contributed by atoms with van der Waals surface area (Å²) < 4.78 is 2.27. The molecule has 0 saturated carbocycles. The molecular weight excluding hydrogens is 344 g/mol. The van der Waals surface area contributed by atoms with Gasteiger partial charge in [-0.2, -0.15) is 5.10 Å². The third-order valence-corrected chi connectivity index (χ3v) is 3.58. The maximum absolute atomic E-state index is 11.9. The Labute approximate surface area is 127 Å². The van der Waals surface area contributed by atoms with Crippen molar-refractivity contribution in [1.82, 2.24) is 9.78 Å². The van der Waals surface area contributed by atoms with Crippen LogP contribution in [-0.4, -0.2) is 25.7 Å². The van der Waals surface area contributed by atoms with E-state index in [0.717, 1.165) is 16.2 Å². The van der Waals surface area contributed by atoms with Gasteiger partial charge in [0.05, 0.1) is 33.0 Å². The molecule has 9 heteroatoms. The average molecular weight is 355 g/mol. The number of carbonyl (C=O) groups excluding carboxylic acids is 1. The second-order valence-corrected chi connectivity index (χ2v) is 5.10. The summed E-state index contributed by atoms with van der Waals surface area (Å²) in [7, 11) is 0. The van der Waals surface area contributed by atoms with E-state index < -0.39 is 10.8 Å². The number of nitro groups is 1. The Morgan fingerprint density at radius 2 is 2.29 bits per heavy atom. The fourth-order valence-corrected chi connectivity index (χ4v) is 1.94. The van der Waals surface area contributed by atoms with Crippen molar-refractivity contribution in [3.05, 3.63) is 44.7 Å². The Balaban J connectivity index is 2.09. The van der Waals surface area contributed by atoms with Gasteiger partial charge in [-0.3, -0.25) is 19.6 Å². The number of rotatable bonds is 4. The van der Waals surface area contributed by atoms with E-state index in [9.17, 15) is 20.0 Å². The zero-order chi connectivity index (χ0) is 15.6. The van der Waals surface area contributed by atoms with Gasteiger partial charge in [-0.25, -0.2) is 0 Å². The Bertz CT molecular complexity index is 713. The molecular formula is C12H11BrN4O4. The summed E-state index contributed by atoms with van der Waals surface area (Å²) in [5, 5.41) is 26.7. The van der Waals surface area contributed by atoms with Crippen molar-refractivity contribution >= 4 is 33.2 Å². The van der Waals surface area contributed by atoms with Crippen molar-refractivity contribution < 1.29 is 14.8 Å². The second-order valence-electron chi connectivity index (χ2n) is 4.24. The van der Waals surface area contributed by atoms with Crippen molar-refractivity contribution in [3.8, 4) is 5.75 Å². The molecule has 0 aliphatic carbocycles. The van der Waals surface area contributed by atoms with E-state index in [1.54, 1.807) is 13.1 Å². The molecule has 1 aromatic carbocycles. The largest absolute Gasteiger partial charge is 0.506 e. The number of non-ortho nitro benzene ring substituents is 1. The monoisotopic (exact) mass is 354 g/mol. The molecule has 1 amide bonds. The number of nitro benzene ring substituents is 1. The Kier molecular flexibility index (Phi) is 4.22. The summed E-state index contributed by atoms with van der Waals surface area (Å²) in [6, 6.07) is 3.45. The Hall–Kier alpha value is -2.42. The molecule has 0 spiro atoms. The summed E-state index contributed by atoms with van der Waals surface area (Å²) in [6.45, 7) is 1.77. The highest BCUT2D eigenvalue weighted by Gasteiger charge is 2.13. The number of phenols is 1. The molecule has 1 aromatic heterocycles. The van der Waals surface area contributed by atoms with Crippen LogP contribution in [-0.2, 0) is 11.3 Å². The van der Waals surface area contributed by atoms with E-state index in [1.165, 1.54) is 16.8 Å². The first-order chi connectivity index (χ1) is 9.88. The van der Waals surface area contributed by atoms with Crippen LogP contribution in [0.2, 0.25) is 0 Å². The minimum absolute atomic E-state index is 0.0339. The van der Waals surface area contributed by atoms with Crippen molar-refractivity contribution in [2.24, 2.45) is 0 Å². The third-order valence-electron chi connectivity index (χ3n) is 2.80. The van der Waals surface area contributed by atoms with Gasteiger partial charge in [0, 0.05) is 6.07 Å². The molecule has 0 bridgehead atoms. The quantitative estimate of drug-likeness (QED) is 0.496. The van der Waals surface area contributed by atoms with Crippen LogP contribution in [0, 0.1) is 17.0 Å². The lowest BCUT2D eigenvalue weighted by Gasteiger charge is -2.08. The predicted octanol–water partition coefficient (Wildman–Crippen LogP) is 2.21. The van der Waals surface area contributed by atoms with Crippen LogP contribution >= 0.6 is 15.9 Å². The number of nitrogens with one attached hydrogen (secondary N) is 1. The highest BCUT2D eigenvalue weighted by molar-refractivity contribution is 9.10. The molecule has 0 saturated heterocycles. The first-order valence-corrected chi connectivity index (χ1v) is 6.63. The smallest absolute Gasteiger partial charge is 0.273 e. The number of benzene rings is 1. The number of hydrogen-bond acceptors (Lipinski definition) is 5. The molecule has 2 rings (SSSR count). The van der Waals surface area contributed by atoms with Gasteiger partial charge < -0.3 is 10.4 Å². The predicted molar refractivity (Wildman–Crippen MR) is 78.1 cm³/mol. The molecule has 2 aromatic rings. The zero-order valence-electron chi connectivity index (χ0n) is 10.9. The van der Waals surface area contributed by atoms with Crippen LogP contribution in [0.4, 0.5) is 11.4 Å². The lowest BCUT2D eigenvalue weighted by molar-refractivity contribution is -0.384. The highest BCUT2D eigenvalue weighted by Crippen LogP contribution is 2.27. The van der Waals surface area contributed by atoms with Gasteiger partial charge in [-0.15, -0.1) is 0 Å². The summed E-state index contributed by atoms with van der Waals surface area (Å²) >= 11 is 3.29. The number of nitrogens with zero attached hydrogens (tertiary/aromatic N) is 3. The van der Waals surface area contributed by atoms with Crippen LogP contribution in [0.25, 0.3) is 0 Å². The number of anilines is 1. The van der Waals surface area contributed by atoms with Crippen molar-refractivity contribution in [1.29, 1.82) is 0 Å². The fourth-order valence-electron chi connectivity index (χ4n) is 1.65. The zero-order valence-corrected chi connectivity index (χ0v) is 12.5. The number of aromatic nitrogens is 2. The van der Waals surface area contributed by atoms with Crippen LogP contribution < -0.4 is 5.32 Å². The lowest BCUT2D eigenvalue weighted by atomic mass is 10.2. The van der Waals surface area contributed by atoms with Crippen LogP contribution in [0.3, 0.4) is 0 Å². The molecule has 0 unspecified atom stereocenters. The van der Waals surface area contributed by atoms with Crippen molar-refractivity contribution in [2.75, 3.05) is 5.32 Å². The average Bonchev–Trinajstić information content (AvgIpc) is 2.73. The van der Waals surface area contributed by atoms with Gasteiger partial charge in [0.2, 0.25) is 5.91 Å². The molecule has 8 nitrogen and oxygen atoms in total. The summed E-state index contributed by atoms with van der Waals surface area (Å²) in [5.41, 5.74) is 0.643. The molecule has 2 N–H and O–H groups in total. The minimum atomic E-state index is -0.629. The first kappa shape index (κ1) is 15.0. The van der Waals surface area contributed by atoms with Gasteiger partial charge in [-0.05, 0) is 28.9 Å². The molecule has 0 fully saturated rings. The van der Waals surface area contributed by atoms with E-state index in [4.69, 9.17) is 0 Å². The van der Waals surface area contributed by atoms with E-state index in [-0.39, 0.29) is 23.7 Å². The van der Waals surface area contributed by atoms with Gasteiger partial charge in [0.1, 0.15) is 12.3 Å². The van der Waals surface area contributed by atoms with Crippen molar-refractivity contribution in [2.45, 2.75) is 13.5 Å². The number of phenolic OH excluding ortho intramolecular Hbond substituents is 1.